The van der Waals surface area contributed by atoms with Crippen molar-refractivity contribution < 1.29 is 14.6 Å². The number of benzene rings is 1. The van der Waals surface area contributed by atoms with Crippen molar-refractivity contribution in [2.45, 2.75) is 19.1 Å². The van der Waals surface area contributed by atoms with E-state index in [0.29, 0.717) is 29.6 Å². The number of aliphatic hydroxyl groups is 1. The third kappa shape index (κ3) is 2.51. The lowest BCUT2D eigenvalue weighted by molar-refractivity contribution is 0.0522. The quantitative estimate of drug-likeness (QED) is 0.876. The predicted octanol–water partition coefficient (Wildman–Crippen LogP) is 0.750. The molecule has 2 aromatic rings. The van der Waals surface area contributed by atoms with Gasteiger partial charge in [-0.2, -0.15) is 0 Å². The predicted molar refractivity (Wildman–Crippen MR) is 81.9 cm³/mol. The van der Waals surface area contributed by atoms with Gasteiger partial charge in [0.05, 0.1) is 30.9 Å². The van der Waals surface area contributed by atoms with E-state index in [-0.39, 0.29) is 24.1 Å². The first-order valence-electron chi connectivity index (χ1n) is 7.30. The number of nitrogens with zero attached hydrogens (tertiary/aromatic N) is 1. The van der Waals surface area contributed by atoms with Gasteiger partial charge in [-0.3, -0.25) is 9.59 Å². The Morgan fingerprint density at radius 1 is 1.41 bits per heavy atom. The van der Waals surface area contributed by atoms with Gasteiger partial charge in [0.2, 0.25) is 5.56 Å². The third-order valence-electron chi connectivity index (χ3n) is 4.00. The van der Waals surface area contributed by atoms with Gasteiger partial charge in [-0.25, -0.2) is 0 Å². The molecule has 2 heterocycles. The number of fused-ring (bicyclic) bond motifs is 1. The molecule has 1 aromatic carbocycles. The molecule has 2 atom stereocenters. The molecule has 0 radical (unpaired) electrons. The number of rotatable bonds is 3. The minimum Gasteiger partial charge on any atom is -0.388 e. The summed E-state index contributed by atoms with van der Waals surface area (Å²) in [4.78, 5) is 29.0. The zero-order valence-electron chi connectivity index (χ0n) is 12.3. The molecule has 0 bridgehead atoms. The van der Waals surface area contributed by atoms with Crippen LogP contribution in [0, 0.1) is 0 Å². The zero-order chi connectivity index (χ0) is 15.7. The standard InChI is InChI=1S/C16H18N2O4/c1-2-18(13-8-22-9-14(13)19)16(21)11-7-15(20)17-12-6-4-3-5-10(11)12/h3-7,13-14,19H,2,8-9H2,1H3,(H,17,20)/t13-,14-/m0/s1. The average molecular weight is 302 g/mol. The van der Waals surface area contributed by atoms with Crippen molar-refractivity contribution in [3.8, 4) is 0 Å². The monoisotopic (exact) mass is 302 g/mol. The molecule has 0 unspecified atom stereocenters. The van der Waals surface area contributed by atoms with E-state index in [4.69, 9.17) is 4.74 Å². The molecule has 2 N–H and O–H groups in total. The number of amides is 1. The van der Waals surface area contributed by atoms with Crippen LogP contribution in [-0.2, 0) is 4.74 Å². The Bertz CT molecular complexity index is 755. The van der Waals surface area contributed by atoms with E-state index in [2.05, 4.69) is 4.98 Å². The summed E-state index contributed by atoms with van der Waals surface area (Å²) >= 11 is 0. The number of carbonyl (C=O) groups is 1. The molecule has 3 rings (SSSR count). The summed E-state index contributed by atoms with van der Waals surface area (Å²) in [7, 11) is 0. The first-order chi connectivity index (χ1) is 10.6. The van der Waals surface area contributed by atoms with Crippen molar-refractivity contribution in [1.82, 2.24) is 9.88 Å². The summed E-state index contributed by atoms with van der Waals surface area (Å²) in [5.41, 5.74) is 0.652. The van der Waals surface area contributed by atoms with Crippen molar-refractivity contribution in [1.29, 1.82) is 0 Å². The van der Waals surface area contributed by atoms with Crippen LogP contribution in [0.5, 0.6) is 0 Å². The molecule has 0 aliphatic carbocycles. The first-order valence-corrected chi connectivity index (χ1v) is 7.30. The van der Waals surface area contributed by atoms with Gasteiger partial charge in [0, 0.05) is 23.5 Å². The van der Waals surface area contributed by atoms with Gasteiger partial charge >= 0.3 is 0 Å². The fourth-order valence-corrected chi connectivity index (χ4v) is 2.89. The normalized spacial score (nSPS) is 21.2. The SMILES string of the molecule is CCN(C(=O)c1cc(=O)[nH]c2ccccc12)[C@H]1COC[C@@H]1O. The molecule has 6 heteroatoms. The molecule has 0 saturated carbocycles. The van der Waals surface area contributed by atoms with E-state index >= 15 is 0 Å². The van der Waals surface area contributed by atoms with Crippen molar-refractivity contribution >= 4 is 16.8 Å². The molecule has 0 spiro atoms. The van der Waals surface area contributed by atoms with Gasteiger partial charge in [-0.1, -0.05) is 18.2 Å². The molecular formula is C16H18N2O4. The lowest BCUT2D eigenvalue weighted by atomic mass is 10.1. The number of para-hydroxylation sites is 1. The smallest absolute Gasteiger partial charge is 0.255 e. The molecule has 22 heavy (non-hydrogen) atoms. The Balaban J connectivity index is 2.06. The molecular weight excluding hydrogens is 284 g/mol. The van der Waals surface area contributed by atoms with E-state index in [1.165, 1.54) is 6.07 Å². The first kappa shape index (κ1) is 14.7. The Morgan fingerprint density at radius 2 is 2.18 bits per heavy atom. The minimum atomic E-state index is -0.697. The summed E-state index contributed by atoms with van der Waals surface area (Å²) in [6.45, 7) is 2.82. The number of aliphatic hydroxyl groups excluding tert-OH is 1. The number of H-pyrrole nitrogens is 1. The fourth-order valence-electron chi connectivity index (χ4n) is 2.89. The Kier molecular flexibility index (Phi) is 3.96. The van der Waals surface area contributed by atoms with Gasteiger partial charge in [0.15, 0.2) is 0 Å². The molecule has 116 valence electrons. The maximum Gasteiger partial charge on any atom is 0.255 e. The molecule has 1 fully saturated rings. The number of aromatic amines is 1. The van der Waals surface area contributed by atoms with Crippen LogP contribution in [0.4, 0.5) is 0 Å². The third-order valence-corrected chi connectivity index (χ3v) is 4.00. The highest BCUT2D eigenvalue weighted by Gasteiger charge is 2.34. The van der Waals surface area contributed by atoms with Gasteiger partial charge in [0.25, 0.3) is 5.91 Å². The minimum absolute atomic E-state index is 0.227. The second-order valence-corrected chi connectivity index (χ2v) is 5.36. The second kappa shape index (κ2) is 5.90. The van der Waals surface area contributed by atoms with Crippen LogP contribution in [0.3, 0.4) is 0 Å². The second-order valence-electron chi connectivity index (χ2n) is 5.36. The van der Waals surface area contributed by atoms with E-state index in [1.807, 2.05) is 13.0 Å². The molecule has 6 nitrogen and oxygen atoms in total. The lowest BCUT2D eigenvalue weighted by Crippen LogP contribution is -2.46. The van der Waals surface area contributed by atoms with Crippen LogP contribution < -0.4 is 5.56 Å². The lowest BCUT2D eigenvalue weighted by Gasteiger charge is -2.29. The Morgan fingerprint density at radius 3 is 2.86 bits per heavy atom. The van der Waals surface area contributed by atoms with E-state index in [0.717, 1.165) is 0 Å². The molecule has 1 saturated heterocycles. The molecule has 1 aliphatic heterocycles. The van der Waals surface area contributed by atoms with E-state index in [9.17, 15) is 14.7 Å². The van der Waals surface area contributed by atoms with Crippen molar-refractivity contribution in [3.05, 3.63) is 46.2 Å². The number of pyridine rings is 1. The number of aromatic nitrogens is 1. The Labute approximate surface area is 127 Å². The summed E-state index contributed by atoms with van der Waals surface area (Å²) in [5.74, 6) is -0.264. The fraction of sp³-hybridized carbons (Fsp3) is 0.375. The van der Waals surface area contributed by atoms with E-state index in [1.54, 1.807) is 23.1 Å². The van der Waals surface area contributed by atoms with Crippen molar-refractivity contribution in [2.75, 3.05) is 19.8 Å². The highest BCUT2D eigenvalue weighted by atomic mass is 16.5. The van der Waals surface area contributed by atoms with Crippen molar-refractivity contribution in [2.24, 2.45) is 0 Å². The zero-order valence-corrected chi connectivity index (χ0v) is 12.3. The number of nitrogens with one attached hydrogen (secondary N) is 1. The molecule has 1 aromatic heterocycles. The molecule has 1 amide bonds. The largest absolute Gasteiger partial charge is 0.388 e. The number of carbonyl (C=O) groups excluding carboxylic acids is 1. The summed E-state index contributed by atoms with van der Waals surface area (Å²) < 4.78 is 5.24. The van der Waals surface area contributed by atoms with Crippen LogP contribution in [0.1, 0.15) is 17.3 Å². The van der Waals surface area contributed by atoms with Gasteiger partial charge < -0.3 is 19.7 Å². The van der Waals surface area contributed by atoms with Crippen molar-refractivity contribution in [3.63, 3.8) is 0 Å². The number of ether oxygens (including phenoxy) is 1. The van der Waals surface area contributed by atoms with Crippen LogP contribution >= 0.6 is 0 Å². The highest BCUT2D eigenvalue weighted by molar-refractivity contribution is 6.06. The van der Waals surface area contributed by atoms with Crippen LogP contribution in [0.15, 0.2) is 35.1 Å². The number of hydrogen-bond acceptors (Lipinski definition) is 4. The van der Waals surface area contributed by atoms with E-state index < -0.39 is 6.10 Å². The van der Waals surface area contributed by atoms with Crippen LogP contribution in [-0.4, -0.2) is 52.8 Å². The number of likely N-dealkylation sites (N-methyl/N-ethyl adjacent to an activating group) is 1. The van der Waals surface area contributed by atoms with Crippen LogP contribution in [0.25, 0.3) is 10.9 Å². The summed E-state index contributed by atoms with van der Waals surface area (Å²) in [6, 6.07) is 8.12. The topological polar surface area (TPSA) is 82.6 Å². The maximum absolute atomic E-state index is 12.9. The average Bonchev–Trinajstić information content (AvgIpc) is 2.93. The van der Waals surface area contributed by atoms with Gasteiger partial charge in [0.1, 0.15) is 0 Å². The summed E-state index contributed by atoms with van der Waals surface area (Å²) in [5, 5.41) is 10.7. The summed E-state index contributed by atoms with van der Waals surface area (Å²) in [6.07, 6.45) is -0.697. The maximum atomic E-state index is 12.9. The molecule has 1 aliphatic rings. The van der Waals surface area contributed by atoms with Crippen LogP contribution in [0.2, 0.25) is 0 Å². The Hall–Kier alpha value is -2.18. The van der Waals surface area contributed by atoms with Gasteiger partial charge in [-0.05, 0) is 13.0 Å². The number of hydrogen-bond donors (Lipinski definition) is 2. The highest BCUT2D eigenvalue weighted by Crippen LogP contribution is 2.20. The van der Waals surface area contributed by atoms with Gasteiger partial charge in [-0.15, -0.1) is 0 Å².